The summed E-state index contributed by atoms with van der Waals surface area (Å²) >= 11 is 0. The number of carbonyl (C=O) groups is 1. The Morgan fingerprint density at radius 3 is 2.60 bits per heavy atom. The van der Waals surface area contributed by atoms with E-state index in [-0.39, 0.29) is 11.4 Å². The van der Waals surface area contributed by atoms with Gasteiger partial charge in [0.2, 0.25) is 0 Å². The Morgan fingerprint density at radius 2 is 2.05 bits per heavy atom. The van der Waals surface area contributed by atoms with Crippen molar-refractivity contribution in [1.82, 2.24) is 5.32 Å². The SMILES string of the molecule is Cc1cccc(C)c1C(=O)NC1(CN)CCCC(C)C1. The number of benzene rings is 1. The topological polar surface area (TPSA) is 55.1 Å². The molecule has 110 valence electrons. The van der Waals surface area contributed by atoms with Gasteiger partial charge in [0.15, 0.2) is 0 Å². The van der Waals surface area contributed by atoms with Gasteiger partial charge in [-0.2, -0.15) is 0 Å². The van der Waals surface area contributed by atoms with Gasteiger partial charge < -0.3 is 11.1 Å². The summed E-state index contributed by atoms with van der Waals surface area (Å²) in [5.74, 6) is 0.658. The van der Waals surface area contributed by atoms with Crippen LogP contribution in [0.3, 0.4) is 0 Å². The lowest BCUT2D eigenvalue weighted by atomic mass is 9.76. The van der Waals surface area contributed by atoms with Crippen molar-refractivity contribution in [2.24, 2.45) is 11.7 Å². The summed E-state index contributed by atoms with van der Waals surface area (Å²) in [4.78, 5) is 12.7. The number of rotatable bonds is 3. The highest BCUT2D eigenvalue weighted by Gasteiger charge is 2.35. The summed E-state index contributed by atoms with van der Waals surface area (Å²) in [5.41, 5.74) is 8.63. The molecule has 20 heavy (non-hydrogen) atoms. The van der Waals surface area contributed by atoms with Gasteiger partial charge in [0.1, 0.15) is 0 Å². The van der Waals surface area contributed by atoms with E-state index in [0.717, 1.165) is 36.0 Å². The first-order chi connectivity index (χ1) is 9.47. The highest BCUT2D eigenvalue weighted by molar-refractivity contribution is 5.97. The standard InChI is InChI=1S/C17H26N2O/c1-12-6-5-9-17(10-12,11-18)19-16(20)15-13(2)7-4-8-14(15)3/h4,7-8,12H,5-6,9-11,18H2,1-3H3,(H,19,20). The molecule has 3 N–H and O–H groups in total. The maximum absolute atomic E-state index is 12.7. The molecule has 1 saturated carbocycles. The highest BCUT2D eigenvalue weighted by atomic mass is 16.1. The number of hydrogen-bond acceptors (Lipinski definition) is 2. The quantitative estimate of drug-likeness (QED) is 0.890. The van der Waals surface area contributed by atoms with Crippen molar-refractivity contribution in [1.29, 1.82) is 0 Å². The monoisotopic (exact) mass is 274 g/mol. The third kappa shape index (κ3) is 3.04. The Labute approximate surface area is 121 Å². The predicted molar refractivity (Wildman–Crippen MR) is 82.8 cm³/mol. The normalized spacial score (nSPS) is 26.3. The van der Waals surface area contributed by atoms with Crippen LogP contribution in [0, 0.1) is 19.8 Å². The van der Waals surface area contributed by atoms with E-state index in [4.69, 9.17) is 5.73 Å². The van der Waals surface area contributed by atoms with Gasteiger partial charge in [-0.25, -0.2) is 0 Å². The van der Waals surface area contributed by atoms with Crippen LogP contribution in [0.15, 0.2) is 18.2 Å². The van der Waals surface area contributed by atoms with E-state index in [1.54, 1.807) is 0 Å². The van der Waals surface area contributed by atoms with Crippen molar-refractivity contribution in [3.63, 3.8) is 0 Å². The zero-order valence-corrected chi connectivity index (χ0v) is 12.8. The third-order valence-electron chi connectivity index (χ3n) is 4.57. The minimum absolute atomic E-state index is 0.0279. The average molecular weight is 274 g/mol. The molecule has 1 amide bonds. The predicted octanol–water partition coefficient (Wildman–Crippen LogP) is 2.94. The number of aryl methyl sites for hydroxylation is 2. The van der Waals surface area contributed by atoms with Crippen LogP contribution in [0.2, 0.25) is 0 Å². The Balaban J connectivity index is 2.21. The van der Waals surface area contributed by atoms with Crippen LogP contribution in [-0.2, 0) is 0 Å². The number of hydrogen-bond donors (Lipinski definition) is 2. The summed E-state index contributed by atoms with van der Waals surface area (Å²) in [7, 11) is 0. The molecule has 0 spiro atoms. The molecule has 2 atom stereocenters. The molecule has 1 aliphatic rings. The largest absolute Gasteiger partial charge is 0.345 e. The van der Waals surface area contributed by atoms with Crippen LogP contribution < -0.4 is 11.1 Å². The lowest BCUT2D eigenvalue weighted by molar-refractivity contribution is 0.0852. The second-order valence-electron chi connectivity index (χ2n) is 6.41. The average Bonchev–Trinajstić information content (AvgIpc) is 2.38. The molecular formula is C17H26N2O. The van der Waals surface area contributed by atoms with Gasteiger partial charge in [-0.05, 0) is 43.7 Å². The molecule has 1 aliphatic carbocycles. The first-order valence-electron chi connectivity index (χ1n) is 7.56. The molecule has 0 radical (unpaired) electrons. The molecule has 3 heteroatoms. The summed E-state index contributed by atoms with van der Waals surface area (Å²) in [6.07, 6.45) is 4.36. The molecule has 0 heterocycles. The lowest BCUT2D eigenvalue weighted by Gasteiger charge is -2.40. The molecule has 0 bridgehead atoms. The fraction of sp³-hybridized carbons (Fsp3) is 0.588. The molecule has 0 aliphatic heterocycles. The molecule has 2 rings (SSSR count). The Bertz CT molecular complexity index is 478. The molecule has 0 aromatic heterocycles. The van der Waals surface area contributed by atoms with E-state index in [1.165, 1.54) is 6.42 Å². The van der Waals surface area contributed by atoms with Gasteiger partial charge in [-0.1, -0.05) is 38.0 Å². The summed E-state index contributed by atoms with van der Waals surface area (Å²) < 4.78 is 0. The Kier molecular flexibility index (Phi) is 4.48. The summed E-state index contributed by atoms with van der Waals surface area (Å²) in [6.45, 7) is 6.74. The number of nitrogens with one attached hydrogen (secondary N) is 1. The van der Waals surface area contributed by atoms with Crippen LogP contribution in [-0.4, -0.2) is 18.0 Å². The van der Waals surface area contributed by atoms with Crippen molar-refractivity contribution >= 4 is 5.91 Å². The highest BCUT2D eigenvalue weighted by Crippen LogP contribution is 2.32. The van der Waals surface area contributed by atoms with Crippen molar-refractivity contribution in [2.45, 2.75) is 52.0 Å². The van der Waals surface area contributed by atoms with Gasteiger partial charge in [-0.3, -0.25) is 4.79 Å². The van der Waals surface area contributed by atoms with Crippen LogP contribution >= 0.6 is 0 Å². The van der Waals surface area contributed by atoms with E-state index in [9.17, 15) is 4.79 Å². The Morgan fingerprint density at radius 1 is 1.40 bits per heavy atom. The van der Waals surface area contributed by atoms with E-state index >= 15 is 0 Å². The van der Waals surface area contributed by atoms with E-state index in [1.807, 2.05) is 32.0 Å². The summed E-state index contributed by atoms with van der Waals surface area (Å²) in [5, 5.41) is 3.25. The van der Waals surface area contributed by atoms with Crippen LogP contribution in [0.25, 0.3) is 0 Å². The fourth-order valence-corrected chi connectivity index (χ4v) is 3.49. The second-order valence-corrected chi connectivity index (χ2v) is 6.41. The smallest absolute Gasteiger partial charge is 0.252 e. The maximum Gasteiger partial charge on any atom is 0.252 e. The van der Waals surface area contributed by atoms with E-state index in [0.29, 0.717) is 12.5 Å². The van der Waals surface area contributed by atoms with Gasteiger partial charge in [-0.15, -0.1) is 0 Å². The molecule has 0 saturated heterocycles. The zero-order valence-electron chi connectivity index (χ0n) is 12.8. The first kappa shape index (κ1) is 15.0. The van der Waals surface area contributed by atoms with Crippen molar-refractivity contribution in [3.8, 4) is 0 Å². The van der Waals surface area contributed by atoms with Crippen molar-refractivity contribution in [2.75, 3.05) is 6.54 Å². The van der Waals surface area contributed by atoms with Crippen LogP contribution in [0.4, 0.5) is 0 Å². The first-order valence-corrected chi connectivity index (χ1v) is 7.56. The molecule has 1 fully saturated rings. The van der Waals surface area contributed by atoms with E-state index < -0.39 is 0 Å². The minimum atomic E-state index is -0.219. The molecule has 2 unspecified atom stereocenters. The summed E-state index contributed by atoms with van der Waals surface area (Å²) in [6, 6.07) is 5.96. The minimum Gasteiger partial charge on any atom is -0.345 e. The van der Waals surface area contributed by atoms with Gasteiger partial charge >= 0.3 is 0 Å². The number of amides is 1. The van der Waals surface area contributed by atoms with Crippen molar-refractivity contribution < 1.29 is 4.79 Å². The second kappa shape index (κ2) is 5.96. The molecule has 3 nitrogen and oxygen atoms in total. The number of nitrogens with two attached hydrogens (primary N) is 1. The van der Waals surface area contributed by atoms with E-state index in [2.05, 4.69) is 12.2 Å². The molecular weight excluding hydrogens is 248 g/mol. The Hall–Kier alpha value is -1.35. The fourth-order valence-electron chi connectivity index (χ4n) is 3.49. The molecule has 1 aromatic rings. The lowest BCUT2D eigenvalue weighted by Crippen LogP contribution is -2.56. The number of carbonyl (C=O) groups excluding carboxylic acids is 1. The van der Waals surface area contributed by atoms with Crippen LogP contribution in [0.1, 0.15) is 54.1 Å². The zero-order chi connectivity index (χ0) is 14.8. The van der Waals surface area contributed by atoms with Crippen molar-refractivity contribution in [3.05, 3.63) is 34.9 Å². The third-order valence-corrected chi connectivity index (χ3v) is 4.57. The molecule has 1 aromatic carbocycles. The maximum atomic E-state index is 12.7. The van der Waals surface area contributed by atoms with Crippen LogP contribution in [0.5, 0.6) is 0 Å². The van der Waals surface area contributed by atoms with Gasteiger partial charge in [0.05, 0.1) is 5.54 Å². The van der Waals surface area contributed by atoms with Gasteiger partial charge in [0.25, 0.3) is 5.91 Å². The van der Waals surface area contributed by atoms with Gasteiger partial charge in [0, 0.05) is 12.1 Å².